The number of ether oxygens (including phenoxy) is 1. The van der Waals surface area contributed by atoms with Crippen LogP contribution in [0.15, 0.2) is 0 Å². The van der Waals surface area contributed by atoms with Crippen LogP contribution in [0.1, 0.15) is 20.3 Å². The molecule has 0 aliphatic heterocycles. The van der Waals surface area contributed by atoms with Crippen molar-refractivity contribution in [3.8, 4) is 0 Å². The normalized spacial score (nSPS) is 10.8. The first-order valence-electron chi connectivity index (χ1n) is 5.82. The third kappa shape index (κ3) is 11.4. The van der Waals surface area contributed by atoms with Gasteiger partial charge in [-0.2, -0.15) is 0 Å². The Labute approximate surface area is 97.6 Å². The van der Waals surface area contributed by atoms with E-state index in [-0.39, 0.29) is 12.5 Å². The fourth-order valence-electron chi connectivity index (χ4n) is 1.05. The summed E-state index contributed by atoms with van der Waals surface area (Å²) < 4.78 is 5.08. The summed E-state index contributed by atoms with van der Waals surface area (Å²) in [6.45, 7) is 7.01. The van der Waals surface area contributed by atoms with Crippen LogP contribution >= 0.6 is 0 Å². The van der Waals surface area contributed by atoms with Gasteiger partial charge >= 0.3 is 0 Å². The fourth-order valence-corrected chi connectivity index (χ4v) is 1.05. The first-order valence-corrected chi connectivity index (χ1v) is 5.82. The molecule has 0 heterocycles. The van der Waals surface area contributed by atoms with Gasteiger partial charge in [0.05, 0.1) is 19.8 Å². The number of aliphatic hydroxyl groups excluding tert-OH is 1. The molecule has 0 unspecified atom stereocenters. The minimum atomic E-state index is 0.0324. The maximum atomic E-state index is 11.2. The molecule has 0 rings (SSSR count). The van der Waals surface area contributed by atoms with Gasteiger partial charge in [-0.05, 0) is 18.9 Å². The zero-order valence-electron chi connectivity index (χ0n) is 10.3. The fraction of sp³-hybridized carbons (Fsp3) is 0.909. The Balaban J connectivity index is 3.15. The molecule has 96 valence electrons. The van der Waals surface area contributed by atoms with Gasteiger partial charge in [-0.15, -0.1) is 0 Å². The van der Waals surface area contributed by atoms with E-state index < -0.39 is 0 Å². The number of hydrogen-bond acceptors (Lipinski definition) is 4. The average Bonchev–Trinajstić information content (AvgIpc) is 2.25. The molecule has 0 aliphatic carbocycles. The van der Waals surface area contributed by atoms with E-state index >= 15 is 0 Å². The molecule has 16 heavy (non-hydrogen) atoms. The highest BCUT2D eigenvalue weighted by Gasteiger charge is 2.00. The number of carbonyl (C=O) groups excluding carboxylic acids is 1. The summed E-state index contributed by atoms with van der Waals surface area (Å²) >= 11 is 0. The summed E-state index contributed by atoms with van der Waals surface area (Å²) in [5, 5.41) is 14.3. The smallest absolute Gasteiger partial charge is 0.233 e. The van der Waals surface area contributed by atoms with Crippen LogP contribution in [-0.2, 0) is 9.53 Å². The third-order valence-corrected chi connectivity index (χ3v) is 1.87. The largest absolute Gasteiger partial charge is 0.394 e. The van der Waals surface area contributed by atoms with Crippen molar-refractivity contribution in [1.29, 1.82) is 0 Å². The molecule has 0 spiro atoms. The summed E-state index contributed by atoms with van der Waals surface area (Å²) in [7, 11) is 0. The highest BCUT2D eigenvalue weighted by Crippen LogP contribution is 1.86. The van der Waals surface area contributed by atoms with Crippen molar-refractivity contribution in [1.82, 2.24) is 10.6 Å². The Morgan fingerprint density at radius 1 is 1.38 bits per heavy atom. The third-order valence-electron chi connectivity index (χ3n) is 1.87. The van der Waals surface area contributed by atoms with Crippen molar-refractivity contribution in [3.63, 3.8) is 0 Å². The Hall–Kier alpha value is -0.650. The minimum Gasteiger partial charge on any atom is -0.394 e. The van der Waals surface area contributed by atoms with Crippen LogP contribution in [0, 0.1) is 5.92 Å². The Bertz CT molecular complexity index is 175. The van der Waals surface area contributed by atoms with Crippen molar-refractivity contribution in [2.45, 2.75) is 20.3 Å². The quantitative estimate of drug-likeness (QED) is 0.454. The summed E-state index contributed by atoms with van der Waals surface area (Å²) in [5.74, 6) is 0.515. The summed E-state index contributed by atoms with van der Waals surface area (Å²) in [5.41, 5.74) is 0. The summed E-state index contributed by atoms with van der Waals surface area (Å²) in [6, 6.07) is 0. The van der Waals surface area contributed by atoms with Crippen molar-refractivity contribution in [2.75, 3.05) is 39.5 Å². The molecule has 0 aromatic rings. The lowest BCUT2D eigenvalue weighted by Crippen LogP contribution is -2.36. The lowest BCUT2D eigenvalue weighted by Gasteiger charge is -2.08. The van der Waals surface area contributed by atoms with Crippen molar-refractivity contribution in [2.24, 2.45) is 5.92 Å². The van der Waals surface area contributed by atoms with E-state index in [1.54, 1.807) is 0 Å². The van der Waals surface area contributed by atoms with Crippen molar-refractivity contribution in [3.05, 3.63) is 0 Å². The molecule has 0 bridgehead atoms. The first kappa shape index (κ1) is 15.3. The molecule has 0 saturated heterocycles. The molecule has 0 radical (unpaired) electrons. The number of nitrogens with one attached hydrogen (secondary N) is 2. The SMILES string of the molecule is CC(C)CNC(=O)CNCCCOCCO. The standard InChI is InChI=1S/C11H24N2O3/c1-10(2)8-13-11(15)9-12-4-3-6-16-7-5-14/h10,12,14H,3-9H2,1-2H3,(H,13,15). The lowest BCUT2D eigenvalue weighted by molar-refractivity contribution is -0.120. The van der Waals surface area contributed by atoms with Gasteiger partial charge in [0, 0.05) is 13.2 Å². The maximum Gasteiger partial charge on any atom is 0.233 e. The Morgan fingerprint density at radius 2 is 2.12 bits per heavy atom. The number of hydrogen-bond donors (Lipinski definition) is 3. The van der Waals surface area contributed by atoms with Crippen LogP contribution < -0.4 is 10.6 Å². The van der Waals surface area contributed by atoms with Crippen molar-refractivity contribution >= 4 is 5.91 Å². The van der Waals surface area contributed by atoms with Gasteiger partial charge in [0.25, 0.3) is 0 Å². The molecular weight excluding hydrogens is 208 g/mol. The van der Waals surface area contributed by atoms with E-state index in [1.807, 2.05) is 0 Å². The zero-order chi connectivity index (χ0) is 12.2. The summed E-state index contributed by atoms with van der Waals surface area (Å²) in [4.78, 5) is 11.2. The van der Waals surface area contributed by atoms with Gasteiger partial charge in [-0.3, -0.25) is 4.79 Å². The van der Waals surface area contributed by atoms with Gasteiger partial charge in [0.15, 0.2) is 0 Å². The van der Waals surface area contributed by atoms with E-state index in [2.05, 4.69) is 24.5 Å². The molecule has 0 aromatic carbocycles. The number of carbonyl (C=O) groups is 1. The van der Waals surface area contributed by atoms with E-state index in [0.29, 0.717) is 25.7 Å². The molecule has 0 aromatic heterocycles. The molecule has 0 aliphatic rings. The highest BCUT2D eigenvalue weighted by molar-refractivity contribution is 5.77. The second kappa shape index (κ2) is 10.9. The Morgan fingerprint density at radius 3 is 2.75 bits per heavy atom. The van der Waals surface area contributed by atoms with E-state index in [9.17, 15) is 4.79 Å². The number of rotatable bonds is 10. The maximum absolute atomic E-state index is 11.2. The molecule has 5 nitrogen and oxygen atoms in total. The van der Waals surface area contributed by atoms with Gasteiger partial charge in [0.2, 0.25) is 5.91 Å². The van der Waals surface area contributed by atoms with E-state index in [1.165, 1.54) is 0 Å². The molecular formula is C11H24N2O3. The van der Waals surface area contributed by atoms with Gasteiger partial charge in [-0.1, -0.05) is 13.8 Å². The van der Waals surface area contributed by atoms with Gasteiger partial charge in [-0.25, -0.2) is 0 Å². The van der Waals surface area contributed by atoms with Gasteiger partial charge < -0.3 is 20.5 Å². The number of amides is 1. The van der Waals surface area contributed by atoms with Crippen LogP contribution in [0.25, 0.3) is 0 Å². The summed E-state index contributed by atoms with van der Waals surface area (Å²) in [6.07, 6.45) is 0.845. The van der Waals surface area contributed by atoms with Crippen LogP contribution in [0.2, 0.25) is 0 Å². The predicted molar refractivity (Wildman–Crippen MR) is 63.2 cm³/mol. The molecule has 1 amide bonds. The monoisotopic (exact) mass is 232 g/mol. The van der Waals surface area contributed by atoms with Crippen LogP contribution in [0.3, 0.4) is 0 Å². The zero-order valence-corrected chi connectivity index (χ0v) is 10.3. The van der Waals surface area contributed by atoms with Crippen LogP contribution in [0.5, 0.6) is 0 Å². The van der Waals surface area contributed by atoms with E-state index in [4.69, 9.17) is 9.84 Å². The second-order valence-electron chi connectivity index (χ2n) is 4.06. The van der Waals surface area contributed by atoms with Crippen LogP contribution in [0.4, 0.5) is 0 Å². The predicted octanol–water partition coefficient (Wildman–Crippen LogP) is -0.253. The van der Waals surface area contributed by atoms with Gasteiger partial charge in [0.1, 0.15) is 0 Å². The first-order chi connectivity index (χ1) is 7.66. The molecule has 0 saturated carbocycles. The average molecular weight is 232 g/mol. The van der Waals surface area contributed by atoms with E-state index in [0.717, 1.165) is 19.5 Å². The molecule has 3 N–H and O–H groups in total. The molecule has 0 fully saturated rings. The Kier molecular flexibility index (Phi) is 10.4. The molecule has 0 atom stereocenters. The molecule has 5 heteroatoms. The highest BCUT2D eigenvalue weighted by atomic mass is 16.5. The topological polar surface area (TPSA) is 70.6 Å². The number of aliphatic hydroxyl groups is 1. The van der Waals surface area contributed by atoms with Crippen LogP contribution in [-0.4, -0.2) is 50.5 Å². The lowest BCUT2D eigenvalue weighted by atomic mass is 10.2. The second-order valence-corrected chi connectivity index (χ2v) is 4.06. The van der Waals surface area contributed by atoms with Crippen molar-refractivity contribution < 1.29 is 14.6 Å². The minimum absolute atomic E-state index is 0.0324.